The van der Waals surface area contributed by atoms with Gasteiger partial charge in [0.2, 0.25) is 11.7 Å². The van der Waals surface area contributed by atoms with Gasteiger partial charge in [-0.3, -0.25) is 9.59 Å². The first-order valence-electron chi connectivity index (χ1n) is 10.4. The molecule has 1 aromatic heterocycles. The monoisotopic (exact) mass is 404 g/mol. The summed E-state index contributed by atoms with van der Waals surface area (Å²) in [6, 6.07) is 15.4. The zero-order valence-electron chi connectivity index (χ0n) is 17.0. The summed E-state index contributed by atoms with van der Waals surface area (Å²) in [5.74, 6) is 1.33. The molecule has 2 fully saturated rings. The van der Waals surface area contributed by atoms with Crippen LogP contribution in [0.15, 0.2) is 52.9 Å². The number of amides is 2. The van der Waals surface area contributed by atoms with Crippen LogP contribution in [-0.2, 0) is 4.79 Å². The van der Waals surface area contributed by atoms with Gasteiger partial charge in [0.1, 0.15) is 11.3 Å². The van der Waals surface area contributed by atoms with E-state index in [4.69, 9.17) is 9.15 Å². The summed E-state index contributed by atoms with van der Waals surface area (Å²) < 4.78 is 11.4. The van der Waals surface area contributed by atoms with Gasteiger partial charge in [-0.1, -0.05) is 30.3 Å². The van der Waals surface area contributed by atoms with E-state index >= 15 is 0 Å². The van der Waals surface area contributed by atoms with Crippen molar-refractivity contribution in [1.82, 2.24) is 9.80 Å². The molecule has 2 amide bonds. The maximum Gasteiger partial charge on any atom is 0.290 e. The number of nitrogens with zero attached hydrogens (tertiary/aromatic N) is 2. The maximum atomic E-state index is 13.4. The smallest absolute Gasteiger partial charge is 0.290 e. The molecule has 0 spiro atoms. The van der Waals surface area contributed by atoms with Gasteiger partial charge in [-0.25, -0.2) is 0 Å². The molecule has 0 atom stereocenters. The third-order valence-electron chi connectivity index (χ3n) is 5.96. The minimum absolute atomic E-state index is 0.137. The molecule has 1 saturated carbocycles. The maximum absolute atomic E-state index is 13.4. The Morgan fingerprint density at radius 3 is 2.33 bits per heavy atom. The highest BCUT2D eigenvalue weighted by molar-refractivity contribution is 6.08. The van der Waals surface area contributed by atoms with Crippen LogP contribution in [0, 0.1) is 5.92 Å². The van der Waals surface area contributed by atoms with Crippen molar-refractivity contribution in [3.05, 3.63) is 54.3 Å². The minimum atomic E-state index is -0.137. The molecule has 1 aliphatic carbocycles. The molecule has 2 aliphatic rings. The quantitative estimate of drug-likeness (QED) is 0.664. The fraction of sp³-hybridized carbons (Fsp3) is 0.333. The third kappa shape index (κ3) is 3.32. The second-order valence-corrected chi connectivity index (χ2v) is 7.93. The number of piperazine rings is 1. The van der Waals surface area contributed by atoms with Gasteiger partial charge in [0, 0.05) is 49.1 Å². The molecular weight excluding hydrogens is 380 g/mol. The molecule has 0 unspecified atom stereocenters. The van der Waals surface area contributed by atoms with E-state index in [1.54, 1.807) is 12.0 Å². The van der Waals surface area contributed by atoms with Crippen molar-refractivity contribution in [2.45, 2.75) is 12.8 Å². The van der Waals surface area contributed by atoms with E-state index in [0.717, 1.165) is 29.4 Å². The number of fused-ring (bicyclic) bond motifs is 1. The van der Waals surface area contributed by atoms with Crippen LogP contribution < -0.4 is 4.74 Å². The molecule has 1 saturated heterocycles. The fourth-order valence-corrected chi connectivity index (χ4v) is 4.11. The molecule has 154 valence electrons. The van der Waals surface area contributed by atoms with Gasteiger partial charge in [0.15, 0.2) is 0 Å². The summed E-state index contributed by atoms with van der Waals surface area (Å²) in [5, 5.41) is 0.882. The molecule has 30 heavy (non-hydrogen) atoms. The van der Waals surface area contributed by atoms with Gasteiger partial charge < -0.3 is 19.0 Å². The number of carbonyl (C=O) groups is 2. The highest BCUT2D eigenvalue weighted by atomic mass is 16.5. The van der Waals surface area contributed by atoms with Crippen molar-refractivity contribution in [3.8, 4) is 16.9 Å². The number of benzene rings is 2. The summed E-state index contributed by atoms with van der Waals surface area (Å²) in [4.78, 5) is 29.4. The number of rotatable bonds is 4. The minimum Gasteiger partial charge on any atom is -0.497 e. The van der Waals surface area contributed by atoms with Gasteiger partial charge in [-0.05, 0) is 30.5 Å². The SMILES string of the molecule is COc1ccc2c(-c3ccccc3)c(C(=O)N3CCN(C(=O)C4CC4)CC3)oc2c1. The molecular formula is C24H24N2O4. The van der Waals surface area contributed by atoms with Crippen LogP contribution in [0.25, 0.3) is 22.1 Å². The summed E-state index contributed by atoms with van der Waals surface area (Å²) in [6.07, 6.45) is 2.00. The lowest BCUT2D eigenvalue weighted by Crippen LogP contribution is -2.51. The molecule has 1 aliphatic heterocycles. The Labute approximate surface area is 175 Å². The van der Waals surface area contributed by atoms with Crippen molar-refractivity contribution in [2.75, 3.05) is 33.3 Å². The van der Waals surface area contributed by atoms with Gasteiger partial charge in [-0.15, -0.1) is 0 Å². The predicted molar refractivity (Wildman–Crippen MR) is 113 cm³/mol. The molecule has 2 heterocycles. The Morgan fingerprint density at radius 2 is 1.67 bits per heavy atom. The number of carbonyl (C=O) groups excluding carboxylic acids is 2. The van der Waals surface area contributed by atoms with Crippen LogP contribution in [0.2, 0.25) is 0 Å². The number of methoxy groups -OCH3 is 1. The van der Waals surface area contributed by atoms with Crippen LogP contribution in [0.1, 0.15) is 23.4 Å². The van der Waals surface area contributed by atoms with Crippen molar-refractivity contribution >= 4 is 22.8 Å². The van der Waals surface area contributed by atoms with Crippen LogP contribution >= 0.6 is 0 Å². The third-order valence-corrected chi connectivity index (χ3v) is 5.96. The highest BCUT2D eigenvalue weighted by Gasteiger charge is 2.36. The van der Waals surface area contributed by atoms with Gasteiger partial charge in [-0.2, -0.15) is 0 Å². The average Bonchev–Trinajstić information content (AvgIpc) is 3.58. The Kier molecular flexibility index (Phi) is 4.69. The molecule has 0 radical (unpaired) electrons. The number of hydrogen-bond acceptors (Lipinski definition) is 4. The molecule has 0 N–H and O–H groups in total. The lowest BCUT2D eigenvalue weighted by atomic mass is 10.0. The number of ether oxygens (including phenoxy) is 1. The van der Waals surface area contributed by atoms with Gasteiger partial charge >= 0.3 is 0 Å². The van der Waals surface area contributed by atoms with Crippen molar-refractivity contribution in [3.63, 3.8) is 0 Å². The molecule has 3 aromatic rings. The van der Waals surface area contributed by atoms with Crippen molar-refractivity contribution in [1.29, 1.82) is 0 Å². The van der Waals surface area contributed by atoms with E-state index in [1.807, 2.05) is 53.4 Å². The van der Waals surface area contributed by atoms with Gasteiger partial charge in [0.25, 0.3) is 5.91 Å². The molecule has 0 bridgehead atoms. The lowest BCUT2D eigenvalue weighted by Gasteiger charge is -2.34. The van der Waals surface area contributed by atoms with E-state index in [9.17, 15) is 9.59 Å². The lowest BCUT2D eigenvalue weighted by molar-refractivity contribution is -0.134. The Morgan fingerprint density at radius 1 is 0.967 bits per heavy atom. The molecule has 6 nitrogen and oxygen atoms in total. The molecule has 5 rings (SSSR count). The second kappa shape index (κ2) is 7.52. The first-order chi connectivity index (χ1) is 14.7. The van der Waals surface area contributed by atoms with Crippen LogP contribution in [0.3, 0.4) is 0 Å². The largest absolute Gasteiger partial charge is 0.497 e. The number of furan rings is 1. The summed E-state index contributed by atoms with van der Waals surface area (Å²) >= 11 is 0. The summed E-state index contributed by atoms with van der Waals surface area (Å²) in [6.45, 7) is 2.20. The number of hydrogen-bond donors (Lipinski definition) is 0. The van der Waals surface area contributed by atoms with E-state index in [0.29, 0.717) is 43.3 Å². The normalized spacial score (nSPS) is 16.7. The van der Waals surface area contributed by atoms with Crippen LogP contribution in [0.4, 0.5) is 0 Å². The average molecular weight is 404 g/mol. The van der Waals surface area contributed by atoms with E-state index in [1.165, 1.54) is 0 Å². The molecule has 6 heteroatoms. The Balaban J connectivity index is 1.47. The second-order valence-electron chi connectivity index (χ2n) is 7.93. The van der Waals surface area contributed by atoms with E-state index < -0.39 is 0 Å². The Hall–Kier alpha value is -3.28. The topological polar surface area (TPSA) is 63.0 Å². The first kappa shape index (κ1) is 18.7. The predicted octanol–water partition coefficient (Wildman–Crippen LogP) is 3.80. The molecule has 2 aromatic carbocycles. The summed E-state index contributed by atoms with van der Waals surface area (Å²) in [7, 11) is 1.61. The standard InChI is InChI=1S/C24H24N2O4/c1-29-18-9-10-19-20(15-18)30-22(21(19)16-5-3-2-4-6-16)24(28)26-13-11-25(12-14-26)23(27)17-7-8-17/h2-6,9-10,15,17H,7-8,11-14H2,1H3. The van der Waals surface area contributed by atoms with Crippen LogP contribution in [-0.4, -0.2) is 54.9 Å². The van der Waals surface area contributed by atoms with Crippen molar-refractivity contribution in [2.24, 2.45) is 5.92 Å². The first-order valence-corrected chi connectivity index (χ1v) is 10.4. The van der Waals surface area contributed by atoms with Gasteiger partial charge in [0.05, 0.1) is 7.11 Å². The van der Waals surface area contributed by atoms with E-state index in [2.05, 4.69) is 0 Å². The van der Waals surface area contributed by atoms with Crippen molar-refractivity contribution < 1.29 is 18.7 Å². The Bertz CT molecular complexity index is 1090. The van der Waals surface area contributed by atoms with E-state index in [-0.39, 0.29) is 17.7 Å². The zero-order valence-corrected chi connectivity index (χ0v) is 17.0. The summed E-state index contributed by atoms with van der Waals surface area (Å²) in [5.41, 5.74) is 2.36. The fourth-order valence-electron chi connectivity index (χ4n) is 4.11. The highest BCUT2D eigenvalue weighted by Crippen LogP contribution is 2.37. The van der Waals surface area contributed by atoms with Crippen LogP contribution in [0.5, 0.6) is 5.75 Å². The zero-order chi connectivity index (χ0) is 20.7.